The molecule has 0 atom stereocenters. The fraction of sp³-hybridized carbons (Fsp3) is 0.500. The Bertz CT molecular complexity index is 434. The van der Waals surface area contributed by atoms with Crippen molar-refractivity contribution in [3.05, 3.63) is 35.1 Å². The van der Waals surface area contributed by atoms with Crippen molar-refractivity contribution in [2.45, 2.75) is 44.4 Å². The molecule has 2 rings (SSSR count). The van der Waals surface area contributed by atoms with Gasteiger partial charge in [0.2, 0.25) is 0 Å². The van der Waals surface area contributed by atoms with Gasteiger partial charge in [-0.2, -0.15) is 0 Å². The summed E-state index contributed by atoms with van der Waals surface area (Å²) in [5.41, 5.74) is 0.651. The number of aryl methyl sites for hydroxylation is 1. The first-order valence-corrected chi connectivity index (χ1v) is 6.12. The van der Waals surface area contributed by atoms with Crippen LogP contribution in [-0.4, -0.2) is 11.1 Å². The van der Waals surface area contributed by atoms with Crippen molar-refractivity contribution >= 4 is 5.97 Å². The molecule has 1 saturated carbocycles. The fourth-order valence-corrected chi connectivity index (χ4v) is 2.74. The van der Waals surface area contributed by atoms with Gasteiger partial charge in [0.05, 0.1) is 5.41 Å². The van der Waals surface area contributed by atoms with Crippen LogP contribution in [0.15, 0.2) is 18.2 Å². The van der Waals surface area contributed by atoms with E-state index >= 15 is 0 Å². The first-order valence-electron chi connectivity index (χ1n) is 6.12. The summed E-state index contributed by atoms with van der Waals surface area (Å²) in [6.07, 6.45) is 3.78. The minimum Gasteiger partial charge on any atom is -0.481 e. The molecule has 0 amide bonds. The zero-order valence-corrected chi connectivity index (χ0v) is 10.0. The van der Waals surface area contributed by atoms with Gasteiger partial charge >= 0.3 is 5.97 Å². The molecule has 0 radical (unpaired) electrons. The Hall–Kier alpha value is -1.38. The van der Waals surface area contributed by atoms with Crippen LogP contribution in [0, 0.1) is 5.82 Å². The van der Waals surface area contributed by atoms with Crippen LogP contribution in [0.2, 0.25) is 0 Å². The summed E-state index contributed by atoms with van der Waals surface area (Å²) in [4.78, 5) is 11.5. The van der Waals surface area contributed by atoms with Gasteiger partial charge in [-0.1, -0.05) is 25.8 Å². The minimum absolute atomic E-state index is 0.327. The van der Waals surface area contributed by atoms with Gasteiger partial charge < -0.3 is 5.11 Å². The van der Waals surface area contributed by atoms with Crippen molar-refractivity contribution in [3.8, 4) is 0 Å². The second-order valence-corrected chi connectivity index (χ2v) is 4.80. The molecule has 1 N–H and O–H groups in total. The highest BCUT2D eigenvalue weighted by atomic mass is 19.1. The van der Waals surface area contributed by atoms with E-state index in [0.29, 0.717) is 18.4 Å². The number of benzene rings is 1. The average Bonchev–Trinajstić information content (AvgIpc) is 2.78. The van der Waals surface area contributed by atoms with E-state index in [2.05, 4.69) is 0 Å². The molecule has 0 aromatic heterocycles. The second-order valence-electron chi connectivity index (χ2n) is 4.80. The Morgan fingerprint density at radius 1 is 1.35 bits per heavy atom. The van der Waals surface area contributed by atoms with E-state index in [-0.39, 0.29) is 5.82 Å². The normalized spacial score (nSPS) is 18.2. The Morgan fingerprint density at radius 2 is 2.00 bits per heavy atom. The fourth-order valence-electron chi connectivity index (χ4n) is 2.74. The number of aliphatic carboxylic acids is 1. The zero-order valence-electron chi connectivity index (χ0n) is 10.0. The predicted molar refractivity (Wildman–Crippen MR) is 63.6 cm³/mol. The van der Waals surface area contributed by atoms with E-state index in [4.69, 9.17) is 0 Å². The van der Waals surface area contributed by atoms with E-state index in [1.807, 2.05) is 13.0 Å². The van der Waals surface area contributed by atoms with Crippen LogP contribution in [0.1, 0.15) is 43.7 Å². The lowest BCUT2D eigenvalue weighted by Gasteiger charge is -2.25. The molecule has 0 heterocycles. The highest BCUT2D eigenvalue weighted by molar-refractivity contribution is 5.81. The van der Waals surface area contributed by atoms with Gasteiger partial charge in [0.1, 0.15) is 5.82 Å². The van der Waals surface area contributed by atoms with E-state index < -0.39 is 11.4 Å². The summed E-state index contributed by atoms with van der Waals surface area (Å²) in [5, 5.41) is 9.45. The van der Waals surface area contributed by atoms with E-state index in [1.54, 1.807) is 0 Å². The number of carboxylic acids is 1. The molecule has 92 valence electrons. The molecule has 17 heavy (non-hydrogen) atoms. The number of hydrogen-bond acceptors (Lipinski definition) is 1. The molecule has 2 nitrogen and oxygen atoms in total. The molecule has 0 unspecified atom stereocenters. The highest BCUT2D eigenvalue weighted by Gasteiger charge is 2.43. The molecular weight excluding hydrogens is 219 g/mol. The third kappa shape index (κ3) is 2.06. The van der Waals surface area contributed by atoms with Crippen LogP contribution in [0.3, 0.4) is 0 Å². The summed E-state index contributed by atoms with van der Waals surface area (Å²) in [6.45, 7) is 1.95. The van der Waals surface area contributed by atoms with Gasteiger partial charge in [-0.3, -0.25) is 4.79 Å². The van der Waals surface area contributed by atoms with Gasteiger partial charge in [0.15, 0.2) is 0 Å². The maximum Gasteiger partial charge on any atom is 0.314 e. The number of hydrogen-bond donors (Lipinski definition) is 1. The summed E-state index contributed by atoms with van der Waals surface area (Å²) in [6, 6.07) is 4.72. The lowest BCUT2D eigenvalue weighted by atomic mass is 9.78. The molecular formula is C14H17FO2. The van der Waals surface area contributed by atoms with Crippen LogP contribution in [-0.2, 0) is 16.6 Å². The van der Waals surface area contributed by atoms with E-state index in [9.17, 15) is 14.3 Å². The number of halogens is 1. The largest absolute Gasteiger partial charge is 0.481 e. The Morgan fingerprint density at radius 3 is 2.53 bits per heavy atom. The average molecular weight is 236 g/mol. The molecule has 0 bridgehead atoms. The first-order chi connectivity index (χ1) is 8.08. The van der Waals surface area contributed by atoms with Crippen LogP contribution >= 0.6 is 0 Å². The Balaban J connectivity index is 2.50. The van der Waals surface area contributed by atoms with Crippen molar-refractivity contribution in [1.29, 1.82) is 0 Å². The quantitative estimate of drug-likeness (QED) is 0.874. The monoisotopic (exact) mass is 236 g/mol. The maximum absolute atomic E-state index is 13.5. The third-order valence-corrected chi connectivity index (χ3v) is 3.78. The zero-order chi connectivity index (χ0) is 12.5. The van der Waals surface area contributed by atoms with Crippen molar-refractivity contribution in [3.63, 3.8) is 0 Å². The third-order valence-electron chi connectivity index (χ3n) is 3.78. The molecule has 3 heteroatoms. The second kappa shape index (κ2) is 4.47. The predicted octanol–water partition coefficient (Wildman–Crippen LogP) is 3.28. The molecule has 0 saturated heterocycles. The molecule has 1 fully saturated rings. The highest BCUT2D eigenvalue weighted by Crippen LogP contribution is 2.41. The molecule has 0 aliphatic heterocycles. The smallest absolute Gasteiger partial charge is 0.314 e. The molecule has 1 aliphatic rings. The van der Waals surface area contributed by atoms with Crippen LogP contribution < -0.4 is 0 Å². The minimum atomic E-state index is -0.855. The van der Waals surface area contributed by atoms with Crippen molar-refractivity contribution in [2.24, 2.45) is 0 Å². The SMILES string of the molecule is CCc1cc(F)cc(C2(C(=O)O)CCCC2)c1. The summed E-state index contributed by atoms with van der Waals surface area (Å²) < 4.78 is 13.5. The van der Waals surface area contributed by atoms with Crippen molar-refractivity contribution in [2.75, 3.05) is 0 Å². The lowest BCUT2D eigenvalue weighted by molar-refractivity contribution is -0.143. The molecule has 0 spiro atoms. The van der Waals surface area contributed by atoms with E-state index in [0.717, 1.165) is 24.8 Å². The Labute approximate surface area is 100 Å². The molecule has 1 aliphatic carbocycles. The Kier molecular flexibility index (Phi) is 3.18. The maximum atomic E-state index is 13.5. The van der Waals surface area contributed by atoms with Gasteiger partial charge in [-0.15, -0.1) is 0 Å². The summed E-state index contributed by atoms with van der Waals surface area (Å²) >= 11 is 0. The van der Waals surface area contributed by atoms with Crippen LogP contribution in [0.4, 0.5) is 4.39 Å². The summed E-state index contributed by atoms with van der Waals surface area (Å²) in [5.74, 6) is -1.14. The van der Waals surface area contributed by atoms with E-state index in [1.165, 1.54) is 12.1 Å². The first kappa shape index (κ1) is 12.1. The number of carboxylic acid groups (broad SMARTS) is 1. The van der Waals surface area contributed by atoms with Crippen molar-refractivity contribution in [1.82, 2.24) is 0 Å². The number of rotatable bonds is 3. The van der Waals surface area contributed by atoms with Crippen LogP contribution in [0.5, 0.6) is 0 Å². The van der Waals surface area contributed by atoms with Crippen molar-refractivity contribution < 1.29 is 14.3 Å². The van der Waals surface area contributed by atoms with Gasteiger partial charge in [0, 0.05) is 0 Å². The van der Waals surface area contributed by atoms with Gasteiger partial charge in [-0.05, 0) is 42.5 Å². The number of carbonyl (C=O) groups is 1. The van der Waals surface area contributed by atoms with Crippen LogP contribution in [0.25, 0.3) is 0 Å². The standard InChI is InChI=1S/C14H17FO2/c1-2-10-7-11(9-12(15)8-10)14(13(16)17)5-3-4-6-14/h7-9H,2-6H2,1H3,(H,16,17). The van der Waals surface area contributed by atoms with Gasteiger partial charge in [0.25, 0.3) is 0 Å². The molecule has 1 aromatic carbocycles. The lowest BCUT2D eigenvalue weighted by Crippen LogP contribution is -2.32. The summed E-state index contributed by atoms with van der Waals surface area (Å²) in [7, 11) is 0. The topological polar surface area (TPSA) is 37.3 Å². The molecule has 1 aromatic rings. The van der Waals surface area contributed by atoms with Gasteiger partial charge in [-0.25, -0.2) is 4.39 Å².